The van der Waals surface area contributed by atoms with E-state index in [1.807, 2.05) is 32.0 Å². The molecule has 6 nitrogen and oxygen atoms in total. The Bertz CT molecular complexity index is 1300. The fourth-order valence-electron chi connectivity index (χ4n) is 3.52. The van der Waals surface area contributed by atoms with E-state index >= 15 is 0 Å². The number of hydrogen-bond donors (Lipinski definition) is 0. The van der Waals surface area contributed by atoms with Crippen LogP contribution in [0.3, 0.4) is 0 Å². The van der Waals surface area contributed by atoms with Crippen LogP contribution in [-0.2, 0) is 0 Å². The molecular weight excluding hydrogens is 430 g/mol. The van der Waals surface area contributed by atoms with Gasteiger partial charge in [0.15, 0.2) is 5.65 Å². The van der Waals surface area contributed by atoms with Crippen molar-refractivity contribution in [3.8, 4) is 34.2 Å². The fourth-order valence-corrected chi connectivity index (χ4v) is 3.52. The Hall–Kier alpha value is -3.94. The maximum atomic E-state index is 13.6. The molecule has 0 N–H and O–H groups in total. The monoisotopic (exact) mass is 452 g/mol. The van der Waals surface area contributed by atoms with Gasteiger partial charge in [0.05, 0.1) is 18.9 Å². The van der Waals surface area contributed by atoms with Crippen molar-refractivity contribution < 1.29 is 23.0 Å². The van der Waals surface area contributed by atoms with Gasteiger partial charge in [-0.3, -0.25) is 9.36 Å². The number of hydrogen-bond acceptors (Lipinski definition) is 5. The van der Waals surface area contributed by atoms with E-state index in [0.29, 0.717) is 47.3 Å². The van der Waals surface area contributed by atoms with Crippen molar-refractivity contribution in [2.75, 3.05) is 13.2 Å². The van der Waals surface area contributed by atoms with Crippen molar-refractivity contribution in [1.29, 1.82) is 0 Å². The zero-order chi connectivity index (χ0) is 23.4. The molecule has 0 saturated carbocycles. The lowest BCUT2D eigenvalue weighted by molar-refractivity contribution is -0.0498. The molecule has 0 amide bonds. The van der Waals surface area contributed by atoms with Crippen molar-refractivity contribution in [1.82, 2.24) is 9.55 Å². The van der Waals surface area contributed by atoms with Crippen LogP contribution in [0.2, 0.25) is 0 Å². The topological polar surface area (TPSA) is 62.6 Å². The molecule has 0 atom stereocenters. The van der Waals surface area contributed by atoms with Gasteiger partial charge >= 0.3 is 6.61 Å². The third-order valence-electron chi connectivity index (χ3n) is 4.91. The molecule has 8 heteroatoms. The fraction of sp³-hybridized carbons (Fsp3) is 0.200. The SMILES string of the molecule is CCOc1ccc(-c2cc3ccc(OCC)nc3n(-c3ccc(OC(F)F)cc3)c2=O)cc1. The van der Waals surface area contributed by atoms with Crippen LogP contribution in [0.5, 0.6) is 17.4 Å². The molecule has 170 valence electrons. The molecule has 2 aromatic carbocycles. The Morgan fingerprint density at radius 2 is 1.55 bits per heavy atom. The highest BCUT2D eigenvalue weighted by Crippen LogP contribution is 2.26. The van der Waals surface area contributed by atoms with Crippen molar-refractivity contribution in [2.45, 2.75) is 20.5 Å². The molecule has 0 unspecified atom stereocenters. The summed E-state index contributed by atoms with van der Waals surface area (Å²) < 4.78 is 42.0. The largest absolute Gasteiger partial charge is 0.494 e. The van der Waals surface area contributed by atoms with Crippen LogP contribution in [-0.4, -0.2) is 29.4 Å². The number of pyridine rings is 2. The van der Waals surface area contributed by atoms with Crippen LogP contribution in [0.25, 0.3) is 27.8 Å². The van der Waals surface area contributed by atoms with Gasteiger partial charge in [-0.15, -0.1) is 0 Å². The van der Waals surface area contributed by atoms with Gasteiger partial charge in [-0.05, 0) is 67.9 Å². The lowest BCUT2D eigenvalue weighted by Crippen LogP contribution is -2.21. The Morgan fingerprint density at radius 3 is 2.18 bits per heavy atom. The highest BCUT2D eigenvalue weighted by atomic mass is 19.3. The summed E-state index contributed by atoms with van der Waals surface area (Å²) in [6.07, 6.45) is 0. The highest BCUT2D eigenvalue weighted by Gasteiger charge is 2.15. The van der Waals surface area contributed by atoms with E-state index < -0.39 is 6.61 Å². The van der Waals surface area contributed by atoms with E-state index in [-0.39, 0.29) is 11.3 Å². The molecule has 4 rings (SSSR count). The Morgan fingerprint density at radius 1 is 0.879 bits per heavy atom. The van der Waals surface area contributed by atoms with E-state index in [4.69, 9.17) is 9.47 Å². The second-order valence-electron chi connectivity index (χ2n) is 7.02. The minimum absolute atomic E-state index is 0.00302. The predicted molar refractivity (Wildman–Crippen MR) is 122 cm³/mol. The van der Waals surface area contributed by atoms with Crippen LogP contribution in [0.4, 0.5) is 8.78 Å². The van der Waals surface area contributed by atoms with E-state index in [1.165, 1.54) is 28.8 Å². The van der Waals surface area contributed by atoms with Gasteiger partial charge in [-0.1, -0.05) is 12.1 Å². The summed E-state index contributed by atoms with van der Waals surface area (Å²) in [5.74, 6) is 1.08. The van der Waals surface area contributed by atoms with Gasteiger partial charge in [0.1, 0.15) is 11.5 Å². The van der Waals surface area contributed by atoms with Gasteiger partial charge in [0.2, 0.25) is 5.88 Å². The minimum atomic E-state index is -2.93. The molecule has 0 radical (unpaired) electrons. The van der Waals surface area contributed by atoms with Gasteiger partial charge < -0.3 is 14.2 Å². The zero-order valence-corrected chi connectivity index (χ0v) is 18.1. The average Bonchev–Trinajstić information content (AvgIpc) is 2.80. The molecule has 4 aromatic rings. The molecule has 0 bridgehead atoms. The summed E-state index contributed by atoms with van der Waals surface area (Å²) in [5.41, 5.74) is 1.72. The van der Waals surface area contributed by atoms with Gasteiger partial charge in [-0.2, -0.15) is 13.8 Å². The van der Waals surface area contributed by atoms with E-state index in [1.54, 1.807) is 24.3 Å². The predicted octanol–water partition coefficient (Wildman–Crippen LogP) is 5.45. The maximum absolute atomic E-state index is 13.6. The molecule has 0 fully saturated rings. The summed E-state index contributed by atoms with van der Waals surface area (Å²) in [5, 5.41) is 0.717. The van der Waals surface area contributed by atoms with Crippen molar-refractivity contribution in [2.24, 2.45) is 0 Å². The molecular formula is C25H22F2N2O4. The normalized spacial score (nSPS) is 11.1. The van der Waals surface area contributed by atoms with Crippen LogP contribution < -0.4 is 19.8 Å². The molecule has 0 saturated heterocycles. The number of rotatable bonds is 8. The summed E-state index contributed by atoms with van der Waals surface area (Å²) in [7, 11) is 0. The number of benzene rings is 2. The van der Waals surface area contributed by atoms with Gasteiger partial charge in [0.25, 0.3) is 5.56 Å². The first-order chi connectivity index (χ1) is 16.0. The van der Waals surface area contributed by atoms with Gasteiger partial charge in [-0.25, -0.2) is 0 Å². The second-order valence-corrected chi connectivity index (χ2v) is 7.02. The molecule has 2 aromatic heterocycles. The first-order valence-electron chi connectivity index (χ1n) is 10.5. The summed E-state index contributed by atoms with van der Waals surface area (Å²) in [6, 6.07) is 18.4. The minimum Gasteiger partial charge on any atom is -0.494 e. The van der Waals surface area contributed by atoms with E-state index in [9.17, 15) is 13.6 Å². The van der Waals surface area contributed by atoms with Crippen LogP contribution >= 0.6 is 0 Å². The van der Waals surface area contributed by atoms with E-state index in [0.717, 1.165) is 5.39 Å². The van der Waals surface area contributed by atoms with Crippen molar-refractivity contribution >= 4 is 11.0 Å². The number of alkyl halides is 2. The summed E-state index contributed by atoms with van der Waals surface area (Å²) in [6.45, 7) is 1.78. The third-order valence-corrected chi connectivity index (χ3v) is 4.91. The molecule has 33 heavy (non-hydrogen) atoms. The number of fused-ring (bicyclic) bond motifs is 1. The molecule has 0 spiro atoms. The number of nitrogens with zero attached hydrogens (tertiary/aromatic N) is 2. The Kier molecular flexibility index (Phi) is 6.53. The van der Waals surface area contributed by atoms with Crippen LogP contribution in [0, 0.1) is 0 Å². The van der Waals surface area contributed by atoms with Crippen LogP contribution in [0.1, 0.15) is 13.8 Å². The number of aromatic nitrogens is 2. The standard InChI is InChI=1S/C25H22F2N2O4/c1-3-31-19-10-5-16(6-11-19)21-15-17-7-14-22(32-4-2)28-23(17)29(24(21)30)18-8-12-20(13-9-18)33-25(26)27/h5-15,25H,3-4H2,1-2H3. The Labute approximate surface area is 189 Å². The van der Waals surface area contributed by atoms with Crippen molar-refractivity contribution in [3.05, 3.63) is 77.1 Å². The van der Waals surface area contributed by atoms with Crippen molar-refractivity contribution in [3.63, 3.8) is 0 Å². The first-order valence-corrected chi connectivity index (χ1v) is 10.5. The molecule has 0 aliphatic heterocycles. The zero-order valence-electron chi connectivity index (χ0n) is 18.1. The maximum Gasteiger partial charge on any atom is 0.387 e. The summed E-state index contributed by atoms with van der Waals surface area (Å²) in [4.78, 5) is 18.1. The van der Waals surface area contributed by atoms with Crippen LogP contribution in [0.15, 0.2) is 71.5 Å². The van der Waals surface area contributed by atoms with E-state index in [2.05, 4.69) is 9.72 Å². The molecule has 0 aliphatic carbocycles. The molecule has 2 heterocycles. The first kappa shape index (κ1) is 22.3. The quantitative estimate of drug-likeness (QED) is 0.356. The smallest absolute Gasteiger partial charge is 0.387 e. The number of halogens is 2. The second kappa shape index (κ2) is 9.68. The molecule has 0 aliphatic rings. The summed E-state index contributed by atoms with van der Waals surface area (Å²) >= 11 is 0. The Balaban J connectivity index is 1.90. The lowest BCUT2D eigenvalue weighted by atomic mass is 10.1. The van der Waals surface area contributed by atoms with Gasteiger partial charge in [0, 0.05) is 17.0 Å². The highest BCUT2D eigenvalue weighted by molar-refractivity contribution is 5.83. The average molecular weight is 452 g/mol. The third kappa shape index (κ3) is 4.79. The number of ether oxygens (including phenoxy) is 3. The lowest BCUT2D eigenvalue weighted by Gasteiger charge is -2.14.